The molecule has 0 aromatic carbocycles. The highest BCUT2D eigenvalue weighted by atomic mass is 16.5. The summed E-state index contributed by atoms with van der Waals surface area (Å²) in [4.78, 5) is 23.2. The summed E-state index contributed by atoms with van der Waals surface area (Å²) in [6, 6.07) is 0. The molecule has 0 fully saturated rings. The van der Waals surface area contributed by atoms with Gasteiger partial charge in [0.1, 0.15) is 5.78 Å². The second kappa shape index (κ2) is 7.46. The molecule has 0 bridgehead atoms. The van der Waals surface area contributed by atoms with E-state index in [4.69, 9.17) is 4.74 Å². The van der Waals surface area contributed by atoms with Crippen LogP contribution in [0.25, 0.3) is 0 Å². The van der Waals surface area contributed by atoms with Crippen molar-refractivity contribution in [1.82, 2.24) is 0 Å². The van der Waals surface area contributed by atoms with E-state index in [0.29, 0.717) is 36.4 Å². The minimum absolute atomic E-state index is 0.206. The maximum absolute atomic E-state index is 11.8. The number of carbonyl (C=O) groups excluding carboxylic acids is 2. The predicted molar refractivity (Wildman–Crippen MR) is 75.7 cm³/mol. The largest absolute Gasteiger partial charge is 0.466 e. The zero-order chi connectivity index (χ0) is 14.4. The summed E-state index contributed by atoms with van der Waals surface area (Å²) in [5, 5.41) is 0. The molecule has 0 aromatic heterocycles. The quantitative estimate of drug-likeness (QED) is 0.691. The number of Topliss-reactive ketones (excluding diaryl/α,β-unsaturated/α-hetero) is 1. The van der Waals surface area contributed by atoms with Crippen LogP contribution in [0.1, 0.15) is 52.9 Å². The lowest BCUT2D eigenvalue weighted by molar-refractivity contribution is -0.136. The predicted octanol–water partition coefficient (Wildman–Crippen LogP) is 3.53. The van der Waals surface area contributed by atoms with Crippen molar-refractivity contribution in [2.45, 2.75) is 52.9 Å². The maximum atomic E-state index is 11.8. The van der Waals surface area contributed by atoms with Crippen molar-refractivity contribution in [2.75, 3.05) is 7.11 Å². The Balaban J connectivity index is 2.44. The molecular formula is C16H26O3. The second-order valence-electron chi connectivity index (χ2n) is 6.07. The SMILES string of the molecule is COC(=O)C1=CC[C@H]([C@@H](C)CC(=O)CC(C)C)CC1. The van der Waals surface area contributed by atoms with Crippen molar-refractivity contribution < 1.29 is 14.3 Å². The van der Waals surface area contributed by atoms with E-state index >= 15 is 0 Å². The molecule has 0 saturated carbocycles. The van der Waals surface area contributed by atoms with Crippen LogP contribution in [-0.2, 0) is 14.3 Å². The molecule has 2 atom stereocenters. The number of allylic oxidation sites excluding steroid dienone is 1. The Kier molecular flexibility index (Phi) is 6.26. The van der Waals surface area contributed by atoms with E-state index in [1.165, 1.54) is 7.11 Å². The first kappa shape index (κ1) is 15.9. The lowest BCUT2D eigenvalue weighted by Gasteiger charge is -2.26. The number of ether oxygens (including phenoxy) is 1. The molecule has 3 nitrogen and oxygen atoms in total. The van der Waals surface area contributed by atoms with Crippen LogP contribution in [0, 0.1) is 17.8 Å². The molecule has 0 unspecified atom stereocenters. The third-order valence-corrected chi connectivity index (χ3v) is 3.89. The van der Waals surface area contributed by atoms with Crippen LogP contribution < -0.4 is 0 Å². The van der Waals surface area contributed by atoms with Gasteiger partial charge in [-0.15, -0.1) is 0 Å². The molecule has 3 heteroatoms. The highest BCUT2D eigenvalue weighted by Crippen LogP contribution is 2.31. The zero-order valence-electron chi connectivity index (χ0n) is 12.6. The van der Waals surface area contributed by atoms with Gasteiger partial charge < -0.3 is 4.74 Å². The number of esters is 1. The average Bonchev–Trinajstić information content (AvgIpc) is 2.36. The van der Waals surface area contributed by atoms with Gasteiger partial charge >= 0.3 is 5.97 Å². The summed E-state index contributed by atoms with van der Waals surface area (Å²) in [7, 11) is 1.42. The first-order valence-corrected chi connectivity index (χ1v) is 7.23. The van der Waals surface area contributed by atoms with Crippen LogP contribution in [0.5, 0.6) is 0 Å². The molecule has 19 heavy (non-hydrogen) atoms. The molecule has 1 rings (SSSR count). The Morgan fingerprint density at radius 3 is 2.47 bits per heavy atom. The van der Waals surface area contributed by atoms with E-state index in [9.17, 15) is 9.59 Å². The molecule has 0 N–H and O–H groups in total. The molecule has 1 aliphatic rings. The van der Waals surface area contributed by atoms with E-state index in [0.717, 1.165) is 24.8 Å². The van der Waals surface area contributed by atoms with E-state index in [1.54, 1.807) is 0 Å². The molecule has 0 heterocycles. The van der Waals surface area contributed by atoms with Gasteiger partial charge in [-0.1, -0.05) is 26.8 Å². The van der Waals surface area contributed by atoms with Crippen LogP contribution in [0.3, 0.4) is 0 Å². The van der Waals surface area contributed by atoms with Crippen molar-refractivity contribution in [2.24, 2.45) is 17.8 Å². The smallest absolute Gasteiger partial charge is 0.333 e. The first-order chi connectivity index (χ1) is 8.93. The van der Waals surface area contributed by atoms with Gasteiger partial charge in [0.05, 0.1) is 7.11 Å². The normalized spacial score (nSPS) is 20.9. The Morgan fingerprint density at radius 2 is 2.00 bits per heavy atom. The molecule has 0 radical (unpaired) electrons. The molecule has 0 aromatic rings. The maximum Gasteiger partial charge on any atom is 0.333 e. The van der Waals surface area contributed by atoms with Crippen LogP contribution in [-0.4, -0.2) is 18.9 Å². The Hall–Kier alpha value is -1.12. The Morgan fingerprint density at radius 1 is 1.32 bits per heavy atom. The summed E-state index contributed by atoms with van der Waals surface area (Å²) < 4.78 is 4.73. The van der Waals surface area contributed by atoms with Gasteiger partial charge in [0.25, 0.3) is 0 Å². The van der Waals surface area contributed by atoms with Crippen molar-refractivity contribution in [3.63, 3.8) is 0 Å². The number of rotatable bonds is 6. The molecule has 108 valence electrons. The molecular weight excluding hydrogens is 240 g/mol. The summed E-state index contributed by atoms with van der Waals surface area (Å²) in [5.41, 5.74) is 0.791. The van der Waals surface area contributed by atoms with E-state index in [1.807, 2.05) is 6.08 Å². The fourth-order valence-corrected chi connectivity index (χ4v) is 2.75. The van der Waals surface area contributed by atoms with E-state index in [-0.39, 0.29) is 5.97 Å². The molecule has 0 aliphatic heterocycles. The Bertz CT molecular complexity index is 355. The lowest BCUT2D eigenvalue weighted by Crippen LogP contribution is -2.20. The van der Waals surface area contributed by atoms with Gasteiger partial charge in [-0.2, -0.15) is 0 Å². The monoisotopic (exact) mass is 266 g/mol. The third-order valence-electron chi connectivity index (χ3n) is 3.89. The third kappa shape index (κ3) is 5.17. The van der Waals surface area contributed by atoms with Gasteiger partial charge in [0.2, 0.25) is 0 Å². The van der Waals surface area contributed by atoms with Gasteiger partial charge in [0.15, 0.2) is 0 Å². The number of ketones is 1. The van der Waals surface area contributed by atoms with Gasteiger partial charge in [-0.3, -0.25) is 4.79 Å². The van der Waals surface area contributed by atoms with Gasteiger partial charge in [-0.25, -0.2) is 4.79 Å². The minimum Gasteiger partial charge on any atom is -0.466 e. The average molecular weight is 266 g/mol. The van der Waals surface area contributed by atoms with E-state index in [2.05, 4.69) is 20.8 Å². The Labute approximate surface area is 116 Å². The second-order valence-corrected chi connectivity index (χ2v) is 6.07. The number of hydrogen-bond donors (Lipinski definition) is 0. The van der Waals surface area contributed by atoms with Crippen molar-refractivity contribution in [1.29, 1.82) is 0 Å². The number of carbonyl (C=O) groups is 2. The molecule has 0 spiro atoms. The minimum atomic E-state index is -0.206. The highest BCUT2D eigenvalue weighted by Gasteiger charge is 2.24. The van der Waals surface area contributed by atoms with Crippen LogP contribution in [0.2, 0.25) is 0 Å². The van der Waals surface area contributed by atoms with Crippen LogP contribution >= 0.6 is 0 Å². The molecule has 1 aliphatic carbocycles. The fourth-order valence-electron chi connectivity index (χ4n) is 2.75. The molecule has 0 saturated heterocycles. The van der Waals surface area contributed by atoms with Crippen LogP contribution in [0.15, 0.2) is 11.6 Å². The van der Waals surface area contributed by atoms with Gasteiger partial charge in [0, 0.05) is 18.4 Å². The van der Waals surface area contributed by atoms with Crippen molar-refractivity contribution >= 4 is 11.8 Å². The topological polar surface area (TPSA) is 43.4 Å². The highest BCUT2D eigenvalue weighted by molar-refractivity contribution is 5.88. The fraction of sp³-hybridized carbons (Fsp3) is 0.750. The van der Waals surface area contributed by atoms with Crippen LogP contribution in [0.4, 0.5) is 0 Å². The van der Waals surface area contributed by atoms with E-state index < -0.39 is 0 Å². The van der Waals surface area contributed by atoms with Crippen molar-refractivity contribution in [3.8, 4) is 0 Å². The summed E-state index contributed by atoms with van der Waals surface area (Å²) >= 11 is 0. The number of methoxy groups -OCH3 is 1. The lowest BCUT2D eigenvalue weighted by atomic mass is 9.79. The standard InChI is InChI=1S/C16H26O3/c1-11(2)9-15(17)10-12(3)13-5-7-14(8-6-13)16(18)19-4/h7,11-13H,5-6,8-10H2,1-4H3/t12-,13-/m0/s1. The summed E-state index contributed by atoms with van der Waals surface area (Å²) in [6.45, 7) is 6.31. The van der Waals surface area contributed by atoms with Gasteiger partial charge in [-0.05, 0) is 37.0 Å². The summed E-state index contributed by atoms with van der Waals surface area (Å²) in [6.07, 6.45) is 5.99. The zero-order valence-corrected chi connectivity index (χ0v) is 12.6. The number of hydrogen-bond acceptors (Lipinski definition) is 3. The van der Waals surface area contributed by atoms with Crippen molar-refractivity contribution in [3.05, 3.63) is 11.6 Å². The first-order valence-electron chi connectivity index (χ1n) is 7.23. The molecule has 0 amide bonds. The summed E-state index contributed by atoms with van der Waals surface area (Å²) in [5.74, 6) is 1.52.